The van der Waals surface area contributed by atoms with Crippen LogP contribution in [-0.4, -0.2) is 64.5 Å². The summed E-state index contributed by atoms with van der Waals surface area (Å²) in [6, 6.07) is 17.3. The largest absolute Gasteiger partial charge is 0.481 e. The van der Waals surface area contributed by atoms with Gasteiger partial charge in [-0.15, -0.1) is 0 Å². The summed E-state index contributed by atoms with van der Waals surface area (Å²) >= 11 is 14.2. The fourth-order valence-corrected chi connectivity index (χ4v) is 6.65. The summed E-state index contributed by atoms with van der Waals surface area (Å²) < 4.78 is 14.1. The quantitative estimate of drug-likeness (QED) is 0.152. The smallest absolute Gasteiger partial charge is 0.277 e. The molecule has 2 aromatic carbocycles. The number of benzene rings is 2. The van der Waals surface area contributed by atoms with Gasteiger partial charge in [0.15, 0.2) is 0 Å². The van der Waals surface area contributed by atoms with Crippen molar-refractivity contribution < 1.29 is 14.3 Å². The lowest BCUT2D eigenvalue weighted by molar-refractivity contribution is -0.119. The predicted molar refractivity (Wildman–Crippen MR) is 192 cm³/mol. The second kappa shape index (κ2) is 15.1. The van der Waals surface area contributed by atoms with Gasteiger partial charge in [-0.3, -0.25) is 14.2 Å². The van der Waals surface area contributed by atoms with E-state index in [1.807, 2.05) is 61.7 Å². The molecule has 1 aliphatic rings. The molecule has 0 unspecified atom stereocenters. The third kappa shape index (κ3) is 7.36. The number of rotatable bonds is 13. The van der Waals surface area contributed by atoms with E-state index in [9.17, 15) is 9.59 Å². The minimum atomic E-state index is -0.159. The zero-order valence-electron chi connectivity index (χ0n) is 27.8. The summed E-state index contributed by atoms with van der Waals surface area (Å²) in [7, 11) is 4.97. The summed E-state index contributed by atoms with van der Waals surface area (Å²) in [5.41, 5.74) is 5.56. The van der Waals surface area contributed by atoms with E-state index in [1.54, 1.807) is 36.4 Å². The molecule has 3 aromatic heterocycles. The zero-order valence-corrected chi connectivity index (χ0v) is 29.4. The van der Waals surface area contributed by atoms with Gasteiger partial charge in [0.1, 0.15) is 11.3 Å². The molecule has 2 atom stereocenters. The van der Waals surface area contributed by atoms with Crippen LogP contribution in [0.3, 0.4) is 0 Å². The van der Waals surface area contributed by atoms with E-state index in [-0.39, 0.29) is 23.6 Å². The highest BCUT2D eigenvalue weighted by Crippen LogP contribution is 2.42. The van der Waals surface area contributed by atoms with Crippen LogP contribution in [0.15, 0.2) is 65.6 Å². The number of carbonyl (C=O) groups is 1. The number of hydrogen-bond acceptors (Lipinski definition) is 8. The fraction of sp³-hybridized carbons (Fsp3) is 0.333. The van der Waals surface area contributed by atoms with Crippen LogP contribution in [-0.2, 0) is 29.7 Å². The molecule has 13 heteroatoms. The van der Waals surface area contributed by atoms with Gasteiger partial charge < -0.3 is 25.4 Å². The highest BCUT2D eigenvalue weighted by Gasteiger charge is 2.21. The van der Waals surface area contributed by atoms with E-state index in [2.05, 4.69) is 16.0 Å². The Labute approximate surface area is 294 Å². The molecule has 5 aromatic rings. The molecule has 0 saturated carbocycles. The Balaban J connectivity index is 1.27. The van der Waals surface area contributed by atoms with Crippen LogP contribution in [0.4, 0.5) is 0 Å². The van der Waals surface area contributed by atoms with Gasteiger partial charge >= 0.3 is 0 Å². The van der Waals surface area contributed by atoms with Crippen LogP contribution < -0.4 is 26.2 Å². The van der Waals surface area contributed by atoms with Crippen LogP contribution in [0.5, 0.6) is 5.88 Å². The Bertz CT molecular complexity index is 2060. The van der Waals surface area contributed by atoms with Crippen molar-refractivity contribution in [2.24, 2.45) is 7.05 Å². The van der Waals surface area contributed by atoms with Crippen molar-refractivity contribution in [3.63, 3.8) is 0 Å². The predicted octanol–water partition coefficient (Wildman–Crippen LogP) is 5.24. The minimum Gasteiger partial charge on any atom is -0.481 e. The van der Waals surface area contributed by atoms with Crippen LogP contribution in [0.2, 0.25) is 10.0 Å². The standard InChI is InChI=1S/C36H39Cl2N7O4/c1-21(48-3)16-39-19-31-43-45-20-23(15-30(45)36(47)44(31)2)25-7-5-8-26(33(25)37)27-9-6-10-28(34(27)38)29-13-11-22(35(42-29)49-4)17-40-18-24-12-14-32(46)41-24/h5-11,13,15,20-21,24,39-40H,12,14,16-19H2,1-4H3,(H,41,46)/t21-,24-/m0/s1. The molecule has 0 aliphatic carbocycles. The lowest BCUT2D eigenvalue weighted by atomic mass is 9.97. The molecule has 11 nitrogen and oxygen atoms in total. The maximum atomic E-state index is 13.3. The van der Waals surface area contributed by atoms with Crippen molar-refractivity contribution in [1.29, 1.82) is 0 Å². The normalized spacial score (nSPS) is 15.1. The molecule has 1 saturated heterocycles. The topological polar surface area (TPSA) is 124 Å². The summed E-state index contributed by atoms with van der Waals surface area (Å²) in [6.07, 6.45) is 3.25. The maximum Gasteiger partial charge on any atom is 0.277 e. The van der Waals surface area contributed by atoms with Crippen LogP contribution >= 0.6 is 23.2 Å². The summed E-state index contributed by atoms with van der Waals surface area (Å²) in [5.74, 6) is 1.18. The average molecular weight is 705 g/mol. The molecule has 0 bridgehead atoms. The van der Waals surface area contributed by atoms with Crippen LogP contribution in [0.1, 0.15) is 31.2 Å². The van der Waals surface area contributed by atoms with Gasteiger partial charge in [0.2, 0.25) is 11.8 Å². The number of nitrogens with one attached hydrogen (secondary N) is 3. The number of carbonyl (C=O) groups excluding carboxylic acids is 1. The Morgan fingerprint density at radius 3 is 2.39 bits per heavy atom. The van der Waals surface area contributed by atoms with E-state index < -0.39 is 0 Å². The molecule has 49 heavy (non-hydrogen) atoms. The minimum absolute atomic E-state index is 0.0363. The lowest BCUT2D eigenvalue weighted by Gasteiger charge is -2.15. The average Bonchev–Trinajstić information content (AvgIpc) is 3.73. The third-order valence-electron chi connectivity index (χ3n) is 8.85. The number of fused-ring (bicyclic) bond motifs is 1. The van der Waals surface area contributed by atoms with Gasteiger partial charge in [-0.05, 0) is 25.5 Å². The first-order valence-electron chi connectivity index (χ1n) is 16.1. The Hall–Kier alpha value is -4.26. The number of amides is 1. The third-order valence-corrected chi connectivity index (χ3v) is 9.66. The lowest BCUT2D eigenvalue weighted by Crippen LogP contribution is -2.35. The number of nitrogens with zero attached hydrogens (tertiary/aromatic N) is 4. The Morgan fingerprint density at radius 1 is 0.980 bits per heavy atom. The second-order valence-electron chi connectivity index (χ2n) is 12.1. The first-order chi connectivity index (χ1) is 23.7. The van der Waals surface area contributed by atoms with E-state index in [0.29, 0.717) is 65.6 Å². The molecule has 0 spiro atoms. The molecule has 0 radical (unpaired) electrons. The summed E-state index contributed by atoms with van der Waals surface area (Å²) in [5, 5.41) is 15.3. The van der Waals surface area contributed by atoms with Crippen molar-refractivity contribution in [3.05, 3.63) is 92.6 Å². The van der Waals surface area contributed by atoms with Gasteiger partial charge in [-0.1, -0.05) is 65.7 Å². The van der Waals surface area contributed by atoms with Crippen molar-refractivity contribution in [3.8, 4) is 39.4 Å². The molecule has 1 aliphatic heterocycles. The van der Waals surface area contributed by atoms with E-state index >= 15 is 0 Å². The van der Waals surface area contributed by atoms with Crippen molar-refractivity contribution in [2.75, 3.05) is 27.3 Å². The molecule has 3 N–H and O–H groups in total. The Morgan fingerprint density at radius 2 is 1.69 bits per heavy atom. The van der Waals surface area contributed by atoms with Gasteiger partial charge in [0.05, 0.1) is 35.5 Å². The molecule has 1 amide bonds. The highest BCUT2D eigenvalue weighted by atomic mass is 35.5. The van der Waals surface area contributed by atoms with Crippen molar-refractivity contribution >= 4 is 34.6 Å². The first-order valence-corrected chi connectivity index (χ1v) is 16.9. The number of methoxy groups -OCH3 is 2. The SMILES string of the molecule is COc1nc(-c2cccc(-c3cccc(-c4cc5c(=O)n(C)c(CNC[C@H](C)OC)nn5c4)c3Cl)c2Cl)ccc1CNC[C@@H]1CCC(=O)N1. The monoisotopic (exact) mass is 703 g/mol. The molecular weight excluding hydrogens is 665 g/mol. The van der Waals surface area contributed by atoms with E-state index in [4.69, 9.17) is 42.8 Å². The van der Waals surface area contributed by atoms with Crippen molar-refractivity contribution in [2.45, 2.75) is 45.0 Å². The Kier molecular flexibility index (Phi) is 10.7. The number of pyridine rings is 1. The molecule has 256 valence electrons. The summed E-state index contributed by atoms with van der Waals surface area (Å²) in [6.45, 7) is 4.22. The van der Waals surface area contributed by atoms with E-state index in [1.165, 1.54) is 0 Å². The highest BCUT2D eigenvalue weighted by molar-refractivity contribution is 6.39. The fourth-order valence-electron chi connectivity index (χ4n) is 5.99. The number of halogens is 2. The van der Waals surface area contributed by atoms with Gasteiger partial charge in [-0.2, -0.15) is 5.10 Å². The number of ether oxygens (including phenoxy) is 2. The van der Waals surface area contributed by atoms with Crippen LogP contribution in [0.25, 0.3) is 39.0 Å². The molecular formula is C36H39Cl2N7O4. The number of aromatic nitrogens is 4. The van der Waals surface area contributed by atoms with Gasteiger partial charge in [0, 0.05) is 85.8 Å². The summed E-state index contributed by atoms with van der Waals surface area (Å²) in [4.78, 5) is 29.6. The molecule has 6 rings (SSSR count). The number of hydrogen-bond donors (Lipinski definition) is 3. The van der Waals surface area contributed by atoms with Crippen LogP contribution in [0, 0.1) is 0 Å². The first kappa shape index (κ1) is 34.6. The van der Waals surface area contributed by atoms with Gasteiger partial charge in [-0.25, -0.2) is 9.50 Å². The second-order valence-corrected chi connectivity index (χ2v) is 12.9. The van der Waals surface area contributed by atoms with Crippen molar-refractivity contribution in [1.82, 2.24) is 35.1 Å². The maximum absolute atomic E-state index is 13.3. The van der Waals surface area contributed by atoms with Gasteiger partial charge in [0.25, 0.3) is 5.56 Å². The molecule has 1 fully saturated rings. The van der Waals surface area contributed by atoms with E-state index in [0.717, 1.165) is 39.8 Å². The zero-order chi connectivity index (χ0) is 34.7. The molecule has 4 heterocycles.